The van der Waals surface area contributed by atoms with Gasteiger partial charge in [-0.1, -0.05) is 44.9 Å². The van der Waals surface area contributed by atoms with Crippen molar-refractivity contribution in [2.24, 2.45) is 23.2 Å². The number of likely N-dealkylation sites (N-methyl/N-ethyl adjacent to an activating group) is 1. The van der Waals surface area contributed by atoms with E-state index in [2.05, 4.69) is 70.8 Å². The van der Waals surface area contributed by atoms with Crippen molar-refractivity contribution in [3.63, 3.8) is 0 Å². The lowest BCUT2D eigenvalue weighted by Crippen LogP contribution is -2.57. The summed E-state index contributed by atoms with van der Waals surface area (Å²) in [5.41, 5.74) is 1.34. The molecule has 4 saturated carbocycles. The molecule has 0 radical (unpaired) electrons. The Morgan fingerprint density at radius 2 is 1.75 bits per heavy atom. The van der Waals surface area contributed by atoms with Crippen LogP contribution in [0.15, 0.2) is 30.3 Å². The van der Waals surface area contributed by atoms with Crippen LogP contribution in [0.25, 0.3) is 0 Å². The van der Waals surface area contributed by atoms with E-state index in [4.69, 9.17) is 0 Å². The first-order chi connectivity index (χ1) is 19.3. The van der Waals surface area contributed by atoms with E-state index in [-0.39, 0.29) is 12.1 Å². The van der Waals surface area contributed by atoms with Crippen LogP contribution in [0.1, 0.15) is 84.5 Å². The highest BCUT2D eigenvalue weighted by Gasteiger charge is 2.55. The van der Waals surface area contributed by atoms with Crippen molar-refractivity contribution in [2.45, 2.75) is 102 Å². The quantitative estimate of drug-likeness (QED) is 0.457. The van der Waals surface area contributed by atoms with Crippen LogP contribution in [0.3, 0.4) is 0 Å². The monoisotopic (exact) mass is 550 g/mol. The van der Waals surface area contributed by atoms with E-state index in [1.807, 2.05) is 0 Å². The maximum atomic E-state index is 14.1. The molecule has 2 aliphatic heterocycles. The normalized spacial score (nSPS) is 33.5. The number of fused-ring (bicyclic) bond motifs is 2. The third-order valence-corrected chi connectivity index (χ3v) is 12.3. The molecule has 2 heterocycles. The number of anilines is 1. The van der Waals surface area contributed by atoms with Crippen LogP contribution in [0.2, 0.25) is 0 Å². The number of benzene rings is 1. The summed E-state index contributed by atoms with van der Waals surface area (Å²) in [5.74, 6) is 3.14. The molecule has 6 nitrogen and oxygen atoms in total. The van der Waals surface area contributed by atoms with Gasteiger partial charge >= 0.3 is 0 Å². The molecule has 6 aliphatic rings. The average molecular weight is 551 g/mol. The van der Waals surface area contributed by atoms with Crippen LogP contribution in [-0.4, -0.2) is 89.8 Å². The van der Waals surface area contributed by atoms with Gasteiger partial charge in [-0.3, -0.25) is 4.79 Å². The van der Waals surface area contributed by atoms with Gasteiger partial charge < -0.3 is 24.7 Å². The molecule has 0 aromatic heterocycles. The number of nitrogens with zero attached hydrogens (tertiary/aromatic N) is 4. The SMILES string of the molecule is CN(CCCN1CN(c2ccccc2)C2(CCN(CCC3CCC4CC3C4(C)C)CC2)C1=O)C1CCCC[C@@H]1O. The van der Waals surface area contributed by atoms with E-state index in [9.17, 15) is 9.90 Å². The van der Waals surface area contributed by atoms with Crippen molar-refractivity contribution in [2.75, 3.05) is 51.3 Å². The number of aliphatic hydroxyl groups is 1. The van der Waals surface area contributed by atoms with Gasteiger partial charge in [0, 0.05) is 31.4 Å². The van der Waals surface area contributed by atoms with Crippen LogP contribution >= 0.6 is 0 Å². The first kappa shape index (κ1) is 28.5. The van der Waals surface area contributed by atoms with Gasteiger partial charge in [-0.2, -0.15) is 0 Å². The molecule has 1 aromatic carbocycles. The zero-order valence-corrected chi connectivity index (χ0v) is 25.4. The van der Waals surface area contributed by atoms with Gasteiger partial charge in [0.2, 0.25) is 5.91 Å². The van der Waals surface area contributed by atoms with Crippen molar-refractivity contribution >= 4 is 11.6 Å². The van der Waals surface area contributed by atoms with Crippen molar-refractivity contribution < 1.29 is 9.90 Å². The Morgan fingerprint density at radius 1 is 1.00 bits per heavy atom. The third kappa shape index (κ3) is 5.22. The minimum Gasteiger partial charge on any atom is -0.391 e. The molecule has 1 aromatic rings. The zero-order valence-electron chi connectivity index (χ0n) is 25.4. The largest absolute Gasteiger partial charge is 0.391 e. The number of para-hydroxylation sites is 1. The number of aliphatic hydroxyl groups excluding tert-OH is 1. The van der Waals surface area contributed by atoms with E-state index < -0.39 is 5.54 Å². The van der Waals surface area contributed by atoms with Gasteiger partial charge in [-0.15, -0.1) is 0 Å². The molecule has 5 atom stereocenters. The van der Waals surface area contributed by atoms with Gasteiger partial charge in [0.25, 0.3) is 0 Å². The van der Waals surface area contributed by atoms with Crippen molar-refractivity contribution in [3.8, 4) is 0 Å². The smallest absolute Gasteiger partial charge is 0.250 e. The summed E-state index contributed by atoms with van der Waals surface area (Å²) in [6, 6.07) is 10.9. The second-order valence-electron chi connectivity index (χ2n) is 14.6. The minimum absolute atomic E-state index is 0.204. The minimum atomic E-state index is -0.405. The summed E-state index contributed by atoms with van der Waals surface area (Å²) in [6.45, 7) is 10.7. The number of amides is 1. The third-order valence-electron chi connectivity index (χ3n) is 12.3. The highest BCUT2D eigenvalue weighted by Crippen LogP contribution is 2.62. The van der Waals surface area contributed by atoms with Gasteiger partial charge in [0.05, 0.1) is 12.8 Å². The molecule has 7 rings (SSSR count). The molecule has 4 unspecified atom stereocenters. The average Bonchev–Trinajstić information content (AvgIpc) is 3.24. The predicted molar refractivity (Wildman–Crippen MR) is 162 cm³/mol. The Kier molecular flexibility index (Phi) is 8.24. The van der Waals surface area contributed by atoms with Gasteiger partial charge in [-0.25, -0.2) is 0 Å². The van der Waals surface area contributed by atoms with E-state index in [0.29, 0.717) is 18.0 Å². The molecule has 1 amide bonds. The topological polar surface area (TPSA) is 50.3 Å². The number of carbonyl (C=O) groups excluding carboxylic acids is 1. The lowest BCUT2D eigenvalue weighted by Gasteiger charge is -2.60. The summed E-state index contributed by atoms with van der Waals surface area (Å²) in [4.78, 5) is 23.7. The number of hydrogen-bond donors (Lipinski definition) is 1. The molecular weight excluding hydrogens is 496 g/mol. The number of rotatable bonds is 9. The van der Waals surface area contributed by atoms with Gasteiger partial charge in [-0.05, 0) is 113 Å². The fourth-order valence-electron chi connectivity index (χ4n) is 9.46. The Hall–Kier alpha value is -1.63. The summed E-state index contributed by atoms with van der Waals surface area (Å²) in [6.07, 6.45) is 12.6. The van der Waals surface area contributed by atoms with E-state index in [1.165, 1.54) is 44.3 Å². The first-order valence-electron chi connectivity index (χ1n) is 16.5. The molecule has 6 fully saturated rings. The molecule has 2 saturated heterocycles. The Labute approximate surface area is 243 Å². The molecule has 4 aliphatic carbocycles. The Morgan fingerprint density at radius 3 is 2.45 bits per heavy atom. The Balaban J connectivity index is 1.06. The molecule has 1 N–H and O–H groups in total. The molecule has 6 heteroatoms. The second kappa shape index (κ2) is 11.6. The van der Waals surface area contributed by atoms with E-state index in [1.54, 1.807) is 0 Å². The van der Waals surface area contributed by atoms with Crippen LogP contribution in [0, 0.1) is 23.2 Å². The molecular formula is C34H54N4O2. The molecule has 2 bridgehead atoms. The van der Waals surface area contributed by atoms with Crippen LogP contribution < -0.4 is 4.90 Å². The number of hydrogen-bond acceptors (Lipinski definition) is 5. The summed E-state index contributed by atoms with van der Waals surface area (Å²) in [7, 11) is 2.15. The van der Waals surface area contributed by atoms with E-state index >= 15 is 0 Å². The summed E-state index contributed by atoms with van der Waals surface area (Å²) < 4.78 is 0. The predicted octanol–water partition coefficient (Wildman–Crippen LogP) is 5.22. The fraction of sp³-hybridized carbons (Fsp3) is 0.794. The lowest BCUT2D eigenvalue weighted by atomic mass is 9.45. The van der Waals surface area contributed by atoms with Crippen molar-refractivity contribution in [3.05, 3.63) is 30.3 Å². The van der Waals surface area contributed by atoms with Crippen LogP contribution in [0.5, 0.6) is 0 Å². The number of likely N-dealkylation sites (tertiary alicyclic amines) is 1. The van der Waals surface area contributed by atoms with E-state index in [0.717, 1.165) is 82.5 Å². The van der Waals surface area contributed by atoms with Gasteiger partial charge in [0.1, 0.15) is 5.54 Å². The maximum Gasteiger partial charge on any atom is 0.250 e. The van der Waals surface area contributed by atoms with Crippen molar-refractivity contribution in [1.82, 2.24) is 14.7 Å². The highest BCUT2D eigenvalue weighted by molar-refractivity contribution is 5.93. The second-order valence-corrected chi connectivity index (χ2v) is 14.6. The lowest BCUT2D eigenvalue weighted by molar-refractivity contribution is -0.133. The first-order valence-corrected chi connectivity index (χ1v) is 16.5. The van der Waals surface area contributed by atoms with Gasteiger partial charge in [0.15, 0.2) is 0 Å². The standard InChI is InChI=1S/C34H54N4O2/c1-33(2)27-15-14-26(29(33)24-27)16-21-36-22-17-34(18-23-36)32(40)37(25-38(34)28-10-5-4-6-11-28)20-9-19-35(3)30-12-7-8-13-31(30)39/h4-6,10-11,26-27,29-31,39H,7-9,12-25H2,1-3H3/t26?,27?,29?,30?,31-/m0/s1. The fourth-order valence-corrected chi connectivity index (χ4v) is 9.46. The molecule has 40 heavy (non-hydrogen) atoms. The van der Waals surface area contributed by atoms with Crippen LogP contribution in [-0.2, 0) is 4.79 Å². The molecule has 1 spiro atoms. The highest BCUT2D eigenvalue weighted by atomic mass is 16.3. The summed E-state index contributed by atoms with van der Waals surface area (Å²) in [5, 5.41) is 10.5. The zero-order chi connectivity index (χ0) is 27.9. The van der Waals surface area contributed by atoms with Crippen LogP contribution in [0.4, 0.5) is 5.69 Å². The number of piperidine rings is 1. The van der Waals surface area contributed by atoms with Crippen molar-refractivity contribution in [1.29, 1.82) is 0 Å². The number of carbonyl (C=O) groups is 1. The summed E-state index contributed by atoms with van der Waals surface area (Å²) >= 11 is 0. The Bertz CT molecular complexity index is 1000. The maximum absolute atomic E-state index is 14.1. The molecule has 222 valence electrons.